The molecule has 1 fully saturated rings. The first-order valence-corrected chi connectivity index (χ1v) is 6.03. The molecule has 1 aliphatic rings. The van der Waals surface area contributed by atoms with Gasteiger partial charge in [-0.25, -0.2) is 0 Å². The third-order valence-corrected chi connectivity index (χ3v) is 3.21. The Bertz CT molecular complexity index is 567. The first-order valence-electron chi connectivity index (χ1n) is 6.03. The summed E-state index contributed by atoms with van der Waals surface area (Å²) in [7, 11) is 0. The van der Waals surface area contributed by atoms with Gasteiger partial charge in [0.1, 0.15) is 18.4 Å². The lowest BCUT2D eigenvalue weighted by Gasteiger charge is -2.20. The highest BCUT2D eigenvalue weighted by atomic mass is 16.4. The van der Waals surface area contributed by atoms with E-state index < -0.39 is 35.9 Å². The molecule has 0 aliphatic carbocycles. The Balaban J connectivity index is 2.27. The zero-order valence-corrected chi connectivity index (χ0v) is 10.5. The highest BCUT2D eigenvalue weighted by molar-refractivity contribution is 5.74. The molecule has 2 rings (SSSR count). The number of carboxylic acid groups (broad SMARTS) is 1. The van der Waals surface area contributed by atoms with Crippen LogP contribution in [-0.4, -0.2) is 50.0 Å². The summed E-state index contributed by atoms with van der Waals surface area (Å²) in [5.41, 5.74) is -0.707. The zero-order chi connectivity index (χ0) is 14.9. The van der Waals surface area contributed by atoms with Crippen molar-refractivity contribution in [3.8, 4) is 5.75 Å². The number of rotatable bonds is 4. The Morgan fingerprint density at radius 3 is 2.80 bits per heavy atom. The first kappa shape index (κ1) is 14.5. The van der Waals surface area contributed by atoms with Gasteiger partial charge in [-0.05, 0) is 0 Å². The fraction of sp³-hybridized carbons (Fsp3) is 0.500. The van der Waals surface area contributed by atoms with Crippen molar-refractivity contribution in [2.75, 3.05) is 6.54 Å². The predicted molar refractivity (Wildman–Crippen MR) is 65.0 cm³/mol. The van der Waals surface area contributed by atoms with Gasteiger partial charge >= 0.3 is 5.97 Å². The van der Waals surface area contributed by atoms with E-state index in [0.29, 0.717) is 0 Å². The Hall–Kier alpha value is -1.90. The van der Waals surface area contributed by atoms with Crippen LogP contribution in [0.3, 0.4) is 0 Å². The smallest absolute Gasteiger partial charge is 0.321 e. The molecular weight excluding hydrogens is 270 g/mol. The lowest BCUT2D eigenvalue weighted by atomic mass is 10.2. The van der Waals surface area contributed by atoms with Crippen LogP contribution >= 0.6 is 0 Å². The van der Waals surface area contributed by atoms with Gasteiger partial charge in [0.15, 0.2) is 5.76 Å². The number of likely N-dealkylation sites (tertiary alicyclic amines) is 1. The van der Waals surface area contributed by atoms with Crippen molar-refractivity contribution < 1.29 is 29.6 Å². The summed E-state index contributed by atoms with van der Waals surface area (Å²) in [5.74, 6) is -1.86. The molecule has 2 atom stereocenters. The largest absolute Gasteiger partial charge is 0.502 e. The number of aliphatic carboxylic acids is 1. The summed E-state index contributed by atoms with van der Waals surface area (Å²) in [6.45, 7) is -0.542. The number of hydrogen-bond acceptors (Lipinski definition) is 7. The molecule has 1 saturated heterocycles. The van der Waals surface area contributed by atoms with Gasteiger partial charge in [0.25, 0.3) is 0 Å². The van der Waals surface area contributed by atoms with Crippen LogP contribution in [-0.2, 0) is 17.9 Å². The monoisotopic (exact) mass is 285 g/mol. The van der Waals surface area contributed by atoms with Crippen molar-refractivity contribution in [1.82, 2.24) is 4.90 Å². The van der Waals surface area contributed by atoms with Crippen LogP contribution in [0.1, 0.15) is 17.9 Å². The van der Waals surface area contributed by atoms with E-state index in [9.17, 15) is 19.8 Å². The van der Waals surface area contributed by atoms with Gasteiger partial charge in [0.2, 0.25) is 11.2 Å². The molecule has 110 valence electrons. The van der Waals surface area contributed by atoms with Crippen molar-refractivity contribution in [2.45, 2.75) is 31.7 Å². The van der Waals surface area contributed by atoms with Gasteiger partial charge in [-0.2, -0.15) is 0 Å². The number of carbonyl (C=O) groups is 1. The summed E-state index contributed by atoms with van der Waals surface area (Å²) in [5, 5.41) is 37.2. The van der Waals surface area contributed by atoms with E-state index in [0.717, 1.165) is 6.07 Å². The third kappa shape index (κ3) is 2.82. The lowest BCUT2D eigenvalue weighted by Crippen LogP contribution is -2.35. The highest BCUT2D eigenvalue weighted by Crippen LogP contribution is 2.24. The second kappa shape index (κ2) is 5.61. The van der Waals surface area contributed by atoms with Gasteiger partial charge in [0.05, 0.1) is 12.6 Å². The Morgan fingerprint density at radius 1 is 1.50 bits per heavy atom. The normalized spacial score (nSPS) is 23.1. The maximum absolute atomic E-state index is 11.5. The van der Waals surface area contributed by atoms with Crippen LogP contribution in [0.15, 0.2) is 15.3 Å². The second-order valence-electron chi connectivity index (χ2n) is 4.68. The number of carboxylic acids is 1. The van der Waals surface area contributed by atoms with Gasteiger partial charge in [-0.15, -0.1) is 0 Å². The van der Waals surface area contributed by atoms with Crippen LogP contribution in [0.5, 0.6) is 5.75 Å². The standard InChI is InChI=1S/C12H15NO7/c14-5-7-2-9(16)11(17)10(20-7)4-13-3-6(15)1-8(13)12(18)19/h2,6,8,14-15,17H,1,3-5H2,(H,18,19). The van der Waals surface area contributed by atoms with Gasteiger partial charge in [-0.3, -0.25) is 14.5 Å². The second-order valence-corrected chi connectivity index (χ2v) is 4.68. The minimum absolute atomic E-state index is 0.0191. The SMILES string of the molecule is O=C(O)C1CC(O)CN1Cc1oc(CO)cc(=O)c1O. The molecule has 0 spiro atoms. The van der Waals surface area contributed by atoms with Crippen LogP contribution in [0.4, 0.5) is 0 Å². The summed E-state index contributed by atoms with van der Waals surface area (Å²) < 4.78 is 5.15. The molecule has 0 amide bonds. The van der Waals surface area contributed by atoms with E-state index in [1.807, 2.05) is 0 Å². The van der Waals surface area contributed by atoms with E-state index in [4.69, 9.17) is 14.6 Å². The van der Waals surface area contributed by atoms with Crippen molar-refractivity contribution in [1.29, 1.82) is 0 Å². The third-order valence-electron chi connectivity index (χ3n) is 3.21. The molecular formula is C12H15NO7. The molecule has 20 heavy (non-hydrogen) atoms. The molecule has 2 unspecified atom stereocenters. The Labute approximate surface area is 113 Å². The quantitative estimate of drug-likeness (QED) is 0.545. The van der Waals surface area contributed by atoms with Crippen molar-refractivity contribution in [3.63, 3.8) is 0 Å². The molecule has 0 radical (unpaired) electrons. The zero-order valence-electron chi connectivity index (χ0n) is 10.5. The van der Waals surface area contributed by atoms with Crippen LogP contribution in [0.25, 0.3) is 0 Å². The van der Waals surface area contributed by atoms with Gasteiger partial charge < -0.3 is 24.8 Å². The van der Waals surface area contributed by atoms with Crippen molar-refractivity contribution in [3.05, 3.63) is 27.8 Å². The number of β-amino-alcohol motifs (C(OH)–C–C–N with tert-alkyl or cyclic N) is 1. The van der Waals surface area contributed by atoms with Gasteiger partial charge in [0, 0.05) is 19.0 Å². The summed E-state index contributed by atoms with van der Waals surface area (Å²) in [6, 6.07) is 0.0549. The Kier molecular flexibility index (Phi) is 4.07. The van der Waals surface area contributed by atoms with Crippen LogP contribution in [0, 0.1) is 0 Å². The fourth-order valence-corrected chi connectivity index (χ4v) is 2.27. The van der Waals surface area contributed by atoms with E-state index >= 15 is 0 Å². The fourth-order valence-electron chi connectivity index (χ4n) is 2.27. The van der Waals surface area contributed by atoms with Gasteiger partial charge in [-0.1, -0.05) is 0 Å². The molecule has 1 aromatic rings. The predicted octanol–water partition coefficient (Wildman–Crippen LogP) is -1.14. The number of aromatic hydroxyl groups is 1. The van der Waals surface area contributed by atoms with E-state index in [-0.39, 0.29) is 31.0 Å². The molecule has 0 bridgehead atoms. The number of nitrogens with zero attached hydrogens (tertiary/aromatic N) is 1. The van der Waals surface area contributed by atoms with E-state index in [1.165, 1.54) is 4.90 Å². The molecule has 8 nitrogen and oxygen atoms in total. The molecule has 0 aromatic carbocycles. The maximum Gasteiger partial charge on any atom is 0.321 e. The first-order chi connectivity index (χ1) is 9.42. The number of aliphatic hydroxyl groups excluding tert-OH is 2. The molecule has 2 heterocycles. The topological polar surface area (TPSA) is 131 Å². The molecule has 1 aliphatic heterocycles. The summed E-state index contributed by atoms with van der Waals surface area (Å²) in [6.07, 6.45) is -0.717. The van der Waals surface area contributed by atoms with Crippen molar-refractivity contribution >= 4 is 5.97 Å². The average molecular weight is 285 g/mol. The number of hydrogen-bond donors (Lipinski definition) is 4. The van der Waals surface area contributed by atoms with E-state index in [2.05, 4.69) is 0 Å². The summed E-state index contributed by atoms with van der Waals surface area (Å²) in [4.78, 5) is 23.9. The molecule has 8 heteroatoms. The molecule has 1 aromatic heterocycles. The average Bonchev–Trinajstić information content (AvgIpc) is 2.75. The minimum atomic E-state index is -1.10. The molecule has 0 saturated carbocycles. The highest BCUT2D eigenvalue weighted by Gasteiger charge is 2.36. The van der Waals surface area contributed by atoms with Crippen LogP contribution in [0.2, 0.25) is 0 Å². The van der Waals surface area contributed by atoms with E-state index in [1.54, 1.807) is 0 Å². The number of aliphatic hydroxyl groups is 2. The summed E-state index contributed by atoms with van der Waals surface area (Å²) >= 11 is 0. The maximum atomic E-state index is 11.5. The van der Waals surface area contributed by atoms with Crippen LogP contribution < -0.4 is 5.43 Å². The minimum Gasteiger partial charge on any atom is -0.502 e. The lowest BCUT2D eigenvalue weighted by molar-refractivity contribution is -0.142. The van der Waals surface area contributed by atoms with Crippen molar-refractivity contribution in [2.24, 2.45) is 0 Å². The molecule has 4 N–H and O–H groups in total. The Morgan fingerprint density at radius 2 is 2.20 bits per heavy atom.